The summed E-state index contributed by atoms with van der Waals surface area (Å²) in [6.07, 6.45) is 0.410. The molecule has 0 aliphatic carbocycles. The number of nitro groups is 1. The summed E-state index contributed by atoms with van der Waals surface area (Å²) >= 11 is 0. The van der Waals surface area contributed by atoms with Gasteiger partial charge in [-0.2, -0.15) is 0 Å². The zero-order valence-electron chi connectivity index (χ0n) is 16.9. The fourth-order valence-corrected chi connectivity index (χ4v) is 2.89. The first-order valence-electron chi connectivity index (χ1n) is 8.71. The van der Waals surface area contributed by atoms with Crippen LogP contribution in [0, 0.1) is 17.0 Å². The number of hydrogen-bond donors (Lipinski definition) is 1. The number of amides is 1. The van der Waals surface area contributed by atoms with Crippen LogP contribution in [0.5, 0.6) is 17.2 Å². The van der Waals surface area contributed by atoms with Crippen molar-refractivity contribution < 1.29 is 33.1 Å². The van der Waals surface area contributed by atoms with Gasteiger partial charge in [0.05, 0.1) is 32.3 Å². The minimum absolute atomic E-state index is 0.0239. The summed E-state index contributed by atoms with van der Waals surface area (Å²) in [6.45, 7) is 2.13. The van der Waals surface area contributed by atoms with Gasteiger partial charge in [0.25, 0.3) is 5.91 Å². The van der Waals surface area contributed by atoms with E-state index < -0.39 is 22.6 Å². The number of nitrogens with zero attached hydrogens (tertiary/aromatic N) is 1. The van der Waals surface area contributed by atoms with Crippen molar-refractivity contribution >= 4 is 11.6 Å². The second kappa shape index (κ2) is 9.78. The average Bonchev–Trinajstić information content (AvgIpc) is 3.14. The SMILES string of the molecule is COCC[C@H](NC(=O)c1cc(OC)c(OC)c(OC)c1[N+](=O)[O-])c1ccc(C)o1. The van der Waals surface area contributed by atoms with Gasteiger partial charge in [0.2, 0.25) is 11.5 Å². The van der Waals surface area contributed by atoms with Gasteiger partial charge < -0.3 is 28.7 Å². The first-order chi connectivity index (χ1) is 13.9. The lowest BCUT2D eigenvalue weighted by Gasteiger charge is -2.18. The molecule has 1 amide bonds. The molecule has 0 bridgehead atoms. The monoisotopic (exact) mass is 408 g/mol. The molecule has 1 atom stereocenters. The molecule has 0 saturated carbocycles. The average molecular weight is 408 g/mol. The van der Waals surface area contributed by atoms with Crippen LogP contribution >= 0.6 is 0 Å². The number of benzene rings is 1. The van der Waals surface area contributed by atoms with Crippen LogP contribution in [-0.2, 0) is 4.74 Å². The van der Waals surface area contributed by atoms with Gasteiger partial charge in [-0.15, -0.1) is 0 Å². The van der Waals surface area contributed by atoms with Crippen molar-refractivity contribution in [3.8, 4) is 17.2 Å². The number of aryl methyl sites for hydroxylation is 1. The van der Waals surface area contributed by atoms with E-state index in [9.17, 15) is 14.9 Å². The van der Waals surface area contributed by atoms with Gasteiger partial charge in [-0.25, -0.2) is 0 Å². The maximum Gasteiger partial charge on any atom is 0.327 e. The van der Waals surface area contributed by atoms with Crippen LogP contribution in [0.1, 0.15) is 34.3 Å². The summed E-state index contributed by atoms with van der Waals surface area (Å²) in [5.74, 6) is 0.451. The van der Waals surface area contributed by atoms with Crippen LogP contribution in [0.4, 0.5) is 5.69 Å². The zero-order chi connectivity index (χ0) is 21.6. The van der Waals surface area contributed by atoms with E-state index in [-0.39, 0.29) is 22.8 Å². The number of furan rings is 1. The Bertz CT molecular complexity index is 877. The molecule has 0 aliphatic rings. The van der Waals surface area contributed by atoms with Crippen LogP contribution in [-0.4, -0.2) is 45.9 Å². The van der Waals surface area contributed by atoms with Crippen LogP contribution in [0.25, 0.3) is 0 Å². The van der Waals surface area contributed by atoms with Gasteiger partial charge in [0, 0.05) is 19.8 Å². The van der Waals surface area contributed by atoms with E-state index in [1.165, 1.54) is 34.5 Å². The number of methoxy groups -OCH3 is 4. The van der Waals surface area contributed by atoms with Crippen molar-refractivity contribution in [3.05, 3.63) is 45.4 Å². The van der Waals surface area contributed by atoms with Gasteiger partial charge in [-0.05, 0) is 25.5 Å². The number of nitro benzene ring substituents is 1. The van der Waals surface area contributed by atoms with E-state index in [0.717, 1.165) is 0 Å². The summed E-state index contributed by atoms with van der Waals surface area (Å²) in [5, 5.41) is 14.5. The van der Waals surface area contributed by atoms with Crippen molar-refractivity contribution in [1.82, 2.24) is 5.32 Å². The molecule has 0 saturated heterocycles. The number of nitrogens with one attached hydrogen (secondary N) is 1. The molecule has 10 heteroatoms. The van der Waals surface area contributed by atoms with Crippen molar-refractivity contribution in [3.63, 3.8) is 0 Å². The smallest absolute Gasteiger partial charge is 0.327 e. The Hall–Kier alpha value is -3.27. The number of hydrogen-bond acceptors (Lipinski definition) is 8. The predicted octanol–water partition coefficient (Wildman–Crippen LogP) is 3.03. The Balaban J connectivity index is 2.50. The standard InChI is InChI=1S/C19H24N2O8/c1-11-6-7-14(29-11)13(8-9-25-2)20-19(22)12-10-15(26-3)17(27-4)18(28-5)16(12)21(23)24/h6-7,10,13H,8-9H2,1-5H3,(H,20,22)/t13-/m0/s1. The van der Waals surface area contributed by atoms with E-state index in [4.69, 9.17) is 23.4 Å². The Morgan fingerprint density at radius 1 is 1.17 bits per heavy atom. The molecular formula is C19H24N2O8. The summed E-state index contributed by atoms with van der Waals surface area (Å²) in [4.78, 5) is 24.0. The topological polar surface area (TPSA) is 122 Å². The van der Waals surface area contributed by atoms with E-state index in [0.29, 0.717) is 24.5 Å². The molecule has 0 unspecified atom stereocenters. The quantitative estimate of drug-likeness (QED) is 0.470. The molecule has 2 rings (SSSR count). The van der Waals surface area contributed by atoms with Crippen LogP contribution in [0.15, 0.2) is 22.6 Å². The third-order valence-electron chi connectivity index (χ3n) is 4.25. The second-order valence-corrected chi connectivity index (χ2v) is 6.05. The molecule has 158 valence electrons. The van der Waals surface area contributed by atoms with Gasteiger partial charge in [0.1, 0.15) is 17.1 Å². The Labute approximate surface area is 167 Å². The van der Waals surface area contributed by atoms with Crippen molar-refractivity contribution in [2.24, 2.45) is 0 Å². The molecule has 2 aromatic rings. The maximum absolute atomic E-state index is 13.0. The minimum atomic E-state index is -0.698. The number of carbonyl (C=O) groups is 1. The maximum atomic E-state index is 13.0. The first kappa shape index (κ1) is 22.0. The van der Waals surface area contributed by atoms with E-state index >= 15 is 0 Å². The Morgan fingerprint density at radius 2 is 1.86 bits per heavy atom. The lowest BCUT2D eigenvalue weighted by molar-refractivity contribution is -0.386. The third kappa shape index (κ3) is 4.77. The highest BCUT2D eigenvalue weighted by molar-refractivity contribution is 6.00. The van der Waals surface area contributed by atoms with Crippen molar-refractivity contribution in [2.45, 2.75) is 19.4 Å². The highest BCUT2D eigenvalue weighted by Crippen LogP contribution is 2.46. The lowest BCUT2D eigenvalue weighted by Crippen LogP contribution is -2.30. The van der Waals surface area contributed by atoms with E-state index in [1.54, 1.807) is 19.1 Å². The molecule has 10 nitrogen and oxygen atoms in total. The predicted molar refractivity (Wildman–Crippen MR) is 103 cm³/mol. The number of ether oxygens (including phenoxy) is 4. The fraction of sp³-hybridized carbons (Fsp3) is 0.421. The van der Waals surface area contributed by atoms with Gasteiger partial charge >= 0.3 is 5.69 Å². The minimum Gasteiger partial charge on any atom is -0.493 e. The van der Waals surface area contributed by atoms with Crippen LogP contribution < -0.4 is 19.5 Å². The molecule has 1 aromatic carbocycles. The summed E-state index contributed by atoms with van der Waals surface area (Å²) < 4.78 is 26.2. The second-order valence-electron chi connectivity index (χ2n) is 6.05. The largest absolute Gasteiger partial charge is 0.493 e. The van der Waals surface area contributed by atoms with Crippen molar-refractivity contribution in [2.75, 3.05) is 35.0 Å². The highest BCUT2D eigenvalue weighted by atomic mass is 16.6. The van der Waals surface area contributed by atoms with E-state index in [2.05, 4.69) is 5.32 Å². The molecule has 1 heterocycles. The van der Waals surface area contributed by atoms with Crippen LogP contribution in [0.3, 0.4) is 0 Å². The van der Waals surface area contributed by atoms with E-state index in [1.807, 2.05) is 0 Å². The number of carbonyl (C=O) groups excluding carboxylic acids is 1. The van der Waals surface area contributed by atoms with Crippen LogP contribution in [0.2, 0.25) is 0 Å². The van der Waals surface area contributed by atoms with Crippen molar-refractivity contribution in [1.29, 1.82) is 0 Å². The number of rotatable bonds is 10. The molecule has 0 spiro atoms. The third-order valence-corrected chi connectivity index (χ3v) is 4.25. The summed E-state index contributed by atoms with van der Waals surface area (Å²) in [6, 6.07) is 4.20. The highest BCUT2D eigenvalue weighted by Gasteiger charge is 2.33. The molecule has 0 radical (unpaired) electrons. The normalized spacial score (nSPS) is 11.6. The zero-order valence-corrected chi connectivity index (χ0v) is 16.9. The van der Waals surface area contributed by atoms with Gasteiger partial charge in [-0.3, -0.25) is 14.9 Å². The van der Waals surface area contributed by atoms with Gasteiger partial charge in [0.15, 0.2) is 5.75 Å². The molecule has 29 heavy (non-hydrogen) atoms. The summed E-state index contributed by atoms with van der Waals surface area (Å²) in [5.41, 5.74) is -0.751. The molecular weight excluding hydrogens is 384 g/mol. The molecule has 1 N–H and O–H groups in total. The Kier molecular flexibility index (Phi) is 7.43. The Morgan fingerprint density at radius 3 is 2.34 bits per heavy atom. The fourth-order valence-electron chi connectivity index (χ4n) is 2.89. The first-order valence-corrected chi connectivity index (χ1v) is 8.71. The molecule has 0 aliphatic heterocycles. The summed E-state index contributed by atoms with van der Waals surface area (Å²) in [7, 11) is 5.47. The van der Waals surface area contributed by atoms with Gasteiger partial charge in [-0.1, -0.05) is 0 Å². The lowest BCUT2D eigenvalue weighted by atomic mass is 10.1. The molecule has 1 aromatic heterocycles. The molecule has 0 fully saturated rings.